The first kappa shape index (κ1) is 16.1. The molecule has 2 aliphatic rings. The van der Waals surface area contributed by atoms with Gasteiger partial charge in [0.25, 0.3) is 11.8 Å². The standard InChI is InChI=1S/C19H18ClN3O2/c20-15-3-4-17-13(9-15)5-8-23(19(17)25)16-10-14(11-21-12-16)18(24)22-6-1-2-7-22/h3-4,9-12H,1-2,5-8H2. The molecule has 0 spiro atoms. The van der Waals surface area contributed by atoms with Crippen LogP contribution in [-0.2, 0) is 6.42 Å². The molecule has 2 amide bonds. The zero-order valence-electron chi connectivity index (χ0n) is 13.7. The molecule has 0 bridgehead atoms. The first-order valence-corrected chi connectivity index (χ1v) is 8.86. The zero-order chi connectivity index (χ0) is 17.4. The highest BCUT2D eigenvalue weighted by Crippen LogP contribution is 2.27. The number of aromatic nitrogens is 1. The van der Waals surface area contributed by atoms with E-state index < -0.39 is 0 Å². The summed E-state index contributed by atoms with van der Waals surface area (Å²) >= 11 is 6.02. The number of nitrogens with zero attached hydrogens (tertiary/aromatic N) is 3. The molecule has 6 heteroatoms. The van der Waals surface area contributed by atoms with Gasteiger partial charge in [0.15, 0.2) is 0 Å². The fourth-order valence-electron chi connectivity index (χ4n) is 3.50. The van der Waals surface area contributed by atoms with Crippen LogP contribution in [0, 0.1) is 0 Å². The topological polar surface area (TPSA) is 53.5 Å². The Kier molecular flexibility index (Phi) is 4.17. The van der Waals surface area contributed by atoms with Gasteiger partial charge in [-0.3, -0.25) is 14.6 Å². The average Bonchev–Trinajstić information content (AvgIpc) is 3.16. The van der Waals surface area contributed by atoms with Crippen LogP contribution in [0.3, 0.4) is 0 Å². The summed E-state index contributed by atoms with van der Waals surface area (Å²) in [5.41, 5.74) is 2.82. The second kappa shape index (κ2) is 6.48. The summed E-state index contributed by atoms with van der Waals surface area (Å²) in [5.74, 6) is -0.0889. The summed E-state index contributed by atoms with van der Waals surface area (Å²) in [7, 11) is 0. The second-order valence-electron chi connectivity index (χ2n) is 6.44. The highest BCUT2D eigenvalue weighted by Gasteiger charge is 2.27. The van der Waals surface area contributed by atoms with Gasteiger partial charge in [-0.05, 0) is 49.1 Å². The number of benzene rings is 1. The van der Waals surface area contributed by atoms with Crippen molar-refractivity contribution in [3.63, 3.8) is 0 Å². The van der Waals surface area contributed by atoms with Crippen molar-refractivity contribution in [2.45, 2.75) is 19.3 Å². The first-order chi connectivity index (χ1) is 12.1. The maximum absolute atomic E-state index is 12.8. The first-order valence-electron chi connectivity index (χ1n) is 8.48. The van der Waals surface area contributed by atoms with Crippen molar-refractivity contribution in [2.75, 3.05) is 24.5 Å². The van der Waals surface area contributed by atoms with E-state index in [0.717, 1.165) is 37.9 Å². The quantitative estimate of drug-likeness (QED) is 0.831. The molecule has 0 aliphatic carbocycles. The Morgan fingerprint density at radius 3 is 2.68 bits per heavy atom. The highest BCUT2D eigenvalue weighted by atomic mass is 35.5. The van der Waals surface area contributed by atoms with Gasteiger partial charge >= 0.3 is 0 Å². The van der Waals surface area contributed by atoms with Gasteiger partial charge in [-0.25, -0.2) is 0 Å². The molecule has 0 atom stereocenters. The lowest BCUT2D eigenvalue weighted by molar-refractivity contribution is 0.0792. The molecule has 1 aromatic heterocycles. The third-order valence-electron chi connectivity index (χ3n) is 4.82. The summed E-state index contributed by atoms with van der Waals surface area (Å²) in [6.07, 6.45) is 6.03. The molecule has 0 saturated carbocycles. The second-order valence-corrected chi connectivity index (χ2v) is 6.88. The van der Waals surface area contributed by atoms with Crippen molar-refractivity contribution in [2.24, 2.45) is 0 Å². The predicted octanol–water partition coefficient (Wildman–Crippen LogP) is 3.17. The normalized spacial score (nSPS) is 16.9. The van der Waals surface area contributed by atoms with Crippen molar-refractivity contribution in [1.82, 2.24) is 9.88 Å². The SMILES string of the molecule is O=C(c1cncc(N2CCc3cc(Cl)ccc3C2=O)c1)N1CCCC1. The Bertz CT molecular complexity index is 846. The van der Waals surface area contributed by atoms with E-state index in [9.17, 15) is 9.59 Å². The summed E-state index contributed by atoms with van der Waals surface area (Å²) in [6, 6.07) is 7.11. The Labute approximate surface area is 151 Å². The van der Waals surface area contributed by atoms with Crippen LogP contribution in [0.15, 0.2) is 36.7 Å². The van der Waals surface area contributed by atoms with Crippen LogP contribution in [0.2, 0.25) is 5.02 Å². The summed E-state index contributed by atoms with van der Waals surface area (Å²) in [6.45, 7) is 2.13. The Balaban J connectivity index is 1.62. The Morgan fingerprint density at radius 1 is 1.08 bits per heavy atom. The van der Waals surface area contributed by atoms with E-state index >= 15 is 0 Å². The zero-order valence-corrected chi connectivity index (χ0v) is 14.5. The molecular formula is C19H18ClN3O2. The highest BCUT2D eigenvalue weighted by molar-refractivity contribution is 6.30. The lowest BCUT2D eigenvalue weighted by Crippen LogP contribution is -2.38. The van der Waals surface area contributed by atoms with Gasteiger partial charge in [-0.2, -0.15) is 0 Å². The summed E-state index contributed by atoms with van der Waals surface area (Å²) in [5, 5.41) is 0.639. The number of halogens is 1. The maximum atomic E-state index is 12.8. The van der Waals surface area contributed by atoms with E-state index in [-0.39, 0.29) is 11.8 Å². The third kappa shape index (κ3) is 3.00. The molecular weight excluding hydrogens is 338 g/mol. The number of rotatable bonds is 2. The van der Waals surface area contributed by atoms with Crippen LogP contribution < -0.4 is 4.90 Å². The Hall–Kier alpha value is -2.40. The molecule has 0 unspecified atom stereocenters. The molecule has 1 fully saturated rings. The number of carbonyl (C=O) groups is 2. The van der Waals surface area contributed by atoms with Crippen LogP contribution in [-0.4, -0.2) is 41.3 Å². The smallest absolute Gasteiger partial charge is 0.258 e. The predicted molar refractivity (Wildman–Crippen MR) is 96.2 cm³/mol. The van der Waals surface area contributed by atoms with Crippen LogP contribution in [0.5, 0.6) is 0 Å². The van der Waals surface area contributed by atoms with Gasteiger partial charge in [-0.1, -0.05) is 11.6 Å². The van der Waals surface area contributed by atoms with E-state index in [1.54, 1.807) is 35.5 Å². The van der Waals surface area contributed by atoms with Gasteiger partial charge in [0.05, 0.1) is 17.4 Å². The summed E-state index contributed by atoms with van der Waals surface area (Å²) in [4.78, 5) is 33.1. The van der Waals surface area contributed by atoms with Gasteiger partial charge in [0.1, 0.15) is 0 Å². The van der Waals surface area contributed by atoms with Crippen LogP contribution in [0.4, 0.5) is 5.69 Å². The lowest BCUT2D eigenvalue weighted by atomic mass is 9.98. The van der Waals surface area contributed by atoms with E-state index in [0.29, 0.717) is 28.4 Å². The number of carbonyl (C=O) groups excluding carboxylic acids is 2. The van der Waals surface area contributed by atoms with Gasteiger partial charge < -0.3 is 9.80 Å². The number of fused-ring (bicyclic) bond motifs is 1. The van der Waals surface area contributed by atoms with Crippen molar-refractivity contribution in [3.05, 3.63) is 58.4 Å². The molecule has 0 radical (unpaired) electrons. The molecule has 25 heavy (non-hydrogen) atoms. The molecule has 2 aromatic rings. The molecule has 5 nitrogen and oxygen atoms in total. The molecule has 128 valence electrons. The molecule has 4 rings (SSSR count). The van der Waals surface area contributed by atoms with Crippen molar-refractivity contribution in [1.29, 1.82) is 0 Å². The molecule has 3 heterocycles. The molecule has 0 N–H and O–H groups in total. The minimum absolute atomic E-state index is 0.0107. The van der Waals surface area contributed by atoms with Gasteiger partial charge in [0, 0.05) is 36.4 Å². The third-order valence-corrected chi connectivity index (χ3v) is 5.06. The van der Waals surface area contributed by atoms with Crippen LogP contribution >= 0.6 is 11.6 Å². The monoisotopic (exact) mass is 355 g/mol. The van der Waals surface area contributed by atoms with E-state index in [2.05, 4.69) is 4.98 Å². The number of pyridine rings is 1. The fourth-order valence-corrected chi connectivity index (χ4v) is 3.69. The minimum atomic E-state index is -0.0783. The van der Waals surface area contributed by atoms with Crippen LogP contribution in [0.25, 0.3) is 0 Å². The maximum Gasteiger partial charge on any atom is 0.258 e. The van der Waals surface area contributed by atoms with Crippen molar-refractivity contribution in [3.8, 4) is 0 Å². The van der Waals surface area contributed by atoms with E-state index in [1.807, 2.05) is 11.0 Å². The number of hydrogen-bond acceptors (Lipinski definition) is 3. The van der Waals surface area contributed by atoms with E-state index in [4.69, 9.17) is 11.6 Å². The Morgan fingerprint density at radius 2 is 1.88 bits per heavy atom. The van der Waals surface area contributed by atoms with Crippen LogP contribution in [0.1, 0.15) is 39.1 Å². The van der Waals surface area contributed by atoms with Crippen molar-refractivity contribution >= 4 is 29.1 Å². The molecule has 1 aromatic carbocycles. The van der Waals surface area contributed by atoms with Crippen molar-refractivity contribution < 1.29 is 9.59 Å². The number of likely N-dealkylation sites (tertiary alicyclic amines) is 1. The largest absolute Gasteiger partial charge is 0.339 e. The van der Waals surface area contributed by atoms with Gasteiger partial charge in [0.2, 0.25) is 0 Å². The molecule has 1 saturated heterocycles. The number of hydrogen-bond donors (Lipinski definition) is 0. The summed E-state index contributed by atoms with van der Waals surface area (Å²) < 4.78 is 0. The minimum Gasteiger partial charge on any atom is -0.339 e. The van der Waals surface area contributed by atoms with E-state index in [1.165, 1.54) is 0 Å². The average molecular weight is 356 g/mol. The number of amides is 2. The fraction of sp³-hybridized carbons (Fsp3) is 0.316. The molecule has 2 aliphatic heterocycles. The lowest BCUT2D eigenvalue weighted by Gasteiger charge is -2.29. The number of anilines is 1. The van der Waals surface area contributed by atoms with Gasteiger partial charge in [-0.15, -0.1) is 0 Å².